The van der Waals surface area contributed by atoms with Crippen molar-refractivity contribution in [2.24, 2.45) is 0 Å². The molecule has 7 nitrogen and oxygen atoms in total. The third-order valence-corrected chi connectivity index (χ3v) is 4.24. The quantitative estimate of drug-likeness (QED) is 0.786. The van der Waals surface area contributed by atoms with Crippen LogP contribution in [0.5, 0.6) is 17.2 Å². The maximum absolute atomic E-state index is 12.4. The number of fused-ring (bicyclic) bond motifs is 1. The monoisotopic (exact) mass is 371 g/mol. The van der Waals surface area contributed by atoms with Crippen LogP contribution in [0.3, 0.4) is 0 Å². The molecule has 1 amide bonds. The Morgan fingerprint density at radius 1 is 1.15 bits per heavy atom. The van der Waals surface area contributed by atoms with Crippen LogP contribution in [0.25, 0.3) is 0 Å². The molecule has 0 spiro atoms. The van der Waals surface area contributed by atoms with Crippen LogP contribution in [0.15, 0.2) is 36.4 Å². The average molecular weight is 371 g/mol. The number of phenols is 1. The topological polar surface area (TPSA) is 85.3 Å². The summed E-state index contributed by atoms with van der Waals surface area (Å²) in [4.78, 5) is 26.1. The Bertz CT molecular complexity index is 864. The normalized spacial score (nSPS) is 11.9. The first-order chi connectivity index (χ1) is 13.0. The van der Waals surface area contributed by atoms with Crippen molar-refractivity contribution in [2.75, 3.05) is 19.9 Å². The molecule has 0 radical (unpaired) electrons. The van der Waals surface area contributed by atoms with Crippen molar-refractivity contribution >= 4 is 11.9 Å². The van der Waals surface area contributed by atoms with Gasteiger partial charge in [-0.05, 0) is 43.7 Å². The molecule has 0 saturated carbocycles. The summed E-state index contributed by atoms with van der Waals surface area (Å²) in [7, 11) is 0. The molecule has 0 atom stereocenters. The largest absolute Gasteiger partial charge is 0.507 e. The maximum atomic E-state index is 12.4. The zero-order chi connectivity index (χ0) is 19.4. The number of benzene rings is 2. The summed E-state index contributed by atoms with van der Waals surface area (Å²) in [5.41, 5.74) is 1.74. The molecule has 1 heterocycles. The van der Waals surface area contributed by atoms with Crippen LogP contribution in [0.2, 0.25) is 0 Å². The van der Waals surface area contributed by atoms with Crippen molar-refractivity contribution in [3.8, 4) is 17.2 Å². The third-order valence-electron chi connectivity index (χ3n) is 4.24. The number of esters is 1. The molecule has 0 unspecified atom stereocenters. The van der Waals surface area contributed by atoms with Gasteiger partial charge in [0.1, 0.15) is 11.3 Å². The van der Waals surface area contributed by atoms with Crippen molar-refractivity contribution in [1.29, 1.82) is 0 Å². The number of phenolic OH excluding ortho intramolecular Hbond substituents is 1. The number of carbonyl (C=O) groups excluding carboxylic acids is 2. The lowest BCUT2D eigenvalue weighted by molar-refractivity contribution is -0.134. The first-order valence-electron chi connectivity index (χ1n) is 8.61. The highest BCUT2D eigenvalue weighted by Crippen LogP contribution is 2.32. The molecular weight excluding hydrogens is 350 g/mol. The predicted octanol–water partition coefficient (Wildman–Crippen LogP) is 2.63. The smallest absolute Gasteiger partial charge is 0.342 e. The molecule has 7 heteroatoms. The summed E-state index contributed by atoms with van der Waals surface area (Å²) in [6.07, 6.45) is 0. The second-order valence-corrected chi connectivity index (χ2v) is 6.19. The molecular formula is C20H21NO6. The van der Waals surface area contributed by atoms with Gasteiger partial charge in [-0.3, -0.25) is 4.79 Å². The van der Waals surface area contributed by atoms with Gasteiger partial charge < -0.3 is 24.2 Å². The van der Waals surface area contributed by atoms with E-state index in [1.54, 1.807) is 24.0 Å². The second-order valence-electron chi connectivity index (χ2n) is 6.19. The minimum absolute atomic E-state index is 0.0432. The summed E-state index contributed by atoms with van der Waals surface area (Å²) < 4.78 is 15.7. The molecule has 1 aliphatic rings. The number of likely N-dealkylation sites (N-methyl/N-ethyl adjacent to an activating group) is 1. The zero-order valence-corrected chi connectivity index (χ0v) is 15.2. The van der Waals surface area contributed by atoms with Gasteiger partial charge in [-0.2, -0.15) is 0 Å². The number of aryl methyl sites for hydroxylation is 1. The lowest BCUT2D eigenvalue weighted by Gasteiger charge is -2.21. The SMILES string of the molecule is CCN(Cc1ccc2c(c1)OCO2)C(=O)COC(=O)c1cc(C)ccc1O. The predicted molar refractivity (Wildman–Crippen MR) is 96.8 cm³/mol. The molecule has 3 rings (SSSR count). The van der Waals surface area contributed by atoms with Gasteiger partial charge in [-0.1, -0.05) is 17.7 Å². The summed E-state index contributed by atoms with van der Waals surface area (Å²) in [6, 6.07) is 10.1. The second kappa shape index (κ2) is 7.99. The highest BCUT2D eigenvalue weighted by molar-refractivity contribution is 5.94. The van der Waals surface area contributed by atoms with Crippen molar-refractivity contribution in [1.82, 2.24) is 4.90 Å². The number of hydrogen-bond donors (Lipinski definition) is 1. The lowest BCUT2D eigenvalue weighted by Crippen LogP contribution is -2.34. The van der Waals surface area contributed by atoms with E-state index in [0.29, 0.717) is 24.6 Å². The van der Waals surface area contributed by atoms with Crippen molar-refractivity contribution in [2.45, 2.75) is 20.4 Å². The van der Waals surface area contributed by atoms with E-state index in [-0.39, 0.29) is 24.0 Å². The van der Waals surface area contributed by atoms with Gasteiger partial charge in [0.25, 0.3) is 5.91 Å². The van der Waals surface area contributed by atoms with E-state index in [1.807, 2.05) is 19.1 Å². The van der Waals surface area contributed by atoms with Crippen LogP contribution >= 0.6 is 0 Å². The summed E-state index contributed by atoms with van der Waals surface area (Å²) in [5, 5.41) is 9.78. The highest BCUT2D eigenvalue weighted by atomic mass is 16.7. The Morgan fingerprint density at radius 2 is 1.93 bits per heavy atom. The minimum Gasteiger partial charge on any atom is -0.507 e. The molecule has 0 aromatic heterocycles. The van der Waals surface area contributed by atoms with Crippen molar-refractivity contribution in [3.05, 3.63) is 53.1 Å². The molecule has 2 aromatic carbocycles. The van der Waals surface area contributed by atoms with E-state index >= 15 is 0 Å². The Labute approximate surface area is 157 Å². The number of carbonyl (C=O) groups is 2. The Kier molecular flexibility index (Phi) is 5.49. The van der Waals surface area contributed by atoms with Gasteiger partial charge in [0.2, 0.25) is 6.79 Å². The van der Waals surface area contributed by atoms with E-state index in [1.165, 1.54) is 12.1 Å². The van der Waals surface area contributed by atoms with E-state index in [4.69, 9.17) is 14.2 Å². The van der Waals surface area contributed by atoms with Gasteiger partial charge >= 0.3 is 5.97 Å². The number of ether oxygens (including phenoxy) is 3. The van der Waals surface area contributed by atoms with Gasteiger partial charge in [-0.25, -0.2) is 4.79 Å². The van der Waals surface area contributed by atoms with Crippen LogP contribution in [-0.4, -0.2) is 41.8 Å². The molecule has 0 fully saturated rings. The molecule has 0 bridgehead atoms. The minimum atomic E-state index is -0.733. The summed E-state index contributed by atoms with van der Waals surface area (Å²) in [5.74, 6) is 0.0995. The number of aromatic hydroxyl groups is 1. The number of nitrogens with zero attached hydrogens (tertiary/aromatic N) is 1. The zero-order valence-electron chi connectivity index (χ0n) is 15.2. The fourth-order valence-corrected chi connectivity index (χ4v) is 2.75. The fourth-order valence-electron chi connectivity index (χ4n) is 2.75. The van der Waals surface area contributed by atoms with E-state index in [2.05, 4.69) is 0 Å². The molecule has 0 aliphatic carbocycles. The number of amides is 1. The molecule has 0 saturated heterocycles. The van der Waals surface area contributed by atoms with Crippen LogP contribution in [0.4, 0.5) is 0 Å². The van der Waals surface area contributed by atoms with Gasteiger partial charge in [0, 0.05) is 13.1 Å². The standard InChI is InChI=1S/C20H21NO6/c1-3-21(10-14-5-7-17-18(9-14)27-12-26-17)19(23)11-25-20(24)15-8-13(2)4-6-16(15)22/h4-9,22H,3,10-12H2,1-2H3. The van der Waals surface area contributed by atoms with Crippen LogP contribution < -0.4 is 9.47 Å². The van der Waals surface area contributed by atoms with Crippen molar-refractivity contribution < 1.29 is 28.9 Å². The molecule has 1 aliphatic heterocycles. The summed E-state index contributed by atoms with van der Waals surface area (Å²) in [6.45, 7) is 4.26. The average Bonchev–Trinajstić information content (AvgIpc) is 3.13. The van der Waals surface area contributed by atoms with Crippen LogP contribution in [0, 0.1) is 6.92 Å². The number of rotatable bonds is 6. The lowest BCUT2D eigenvalue weighted by atomic mass is 10.1. The van der Waals surface area contributed by atoms with Crippen LogP contribution in [0.1, 0.15) is 28.4 Å². The first-order valence-corrected chi connectivity index (χ1v) is 8.61. The number of hydrogen-bond acceptors (Lipinski definition) is 6. The summed E-state index contributed by atoms with van der Waals surface area (Å²) >= 11 is 0. The van der Waals surface area contributed by atoms with Gasteiger partial charge in [0.15, 0.2) is 18.1 Å². The van der Waals surface area contributed by atoms with E-state index < -0.39 is 12.6 Å². The highest BCUT2D eigenvalue weighted by Gasteiger charge is 2.19. The maximum Gasteiger partial charge on any atom is 0.342 e. The van der Waals surface area contributed by atoms with E-state index in [0.717, 1.165) is 11.1 Å². The van der Waals surface area contributed by atoms with Crippen LogP contribution in [-0.2, 0) is 16.1 Å². The Balaban J connectivity index is 1.60. The third kappa shape index (κ3) is 4.31. The van der Waals surface area contributed by atoms with Crippen molar-refractivity contribution in [3.63, 3.8) is 0 Å². The molecule has 1 N–H and O–H groups in total. The first kappa shape index (κ1) is 18.6. The molecule has 142 valence electrons. The Morgan fingerprint density at radius 3 is 2.70 bits per heavy atom. The fraction of sp³-hybridized carbons (Fsp3) is 0.300. The van der Waals surface area contributed by atoms with E-state index in [9.17, 15) is 14.7 Å². The Hall–Kier alpha value is -3.22. The molecule has 2 aromatic rings. The molecule has 27 heavy (non-hydrogen) atoms. The van der Waals surface area contributed by atoms with Gasteiger partial charge in [-0.15, -0.1) is 0 Å². The van der Waals surface area contributed by atoms with Gasteiger partial charge in [0.05, 0.1) is 0 Å².